The SMILES string of the molecule is C[C@@H](N)c1ccc(OCc2ccno2)c(F)c1. The zero-order valence-corrected chi connectivity index (χ0v) is 9.39. The second-order valence-corrected chi connectivity index (χ2v) is 3.75. The molecule has 1 aromatic heterocycles. The fourth-order valence-electron chi connectivity index (χ4n) is 1.38. The Morgan fingerprint density at radius 2 is 2.29 bits per heavy atom. The van der Waals surface area contributed by atoms with Crippen LogP contribution < -0.4 is 10.5 Å². The van der Waals surface area contributed by atoms with Gasteiger partial charge in [-0.3, -0.25) is 0 Å². The van der Waals surface area contributed by atoms with Gasteiger partial charge in [-0.2, -0.15) is 0 Å². The van der Waals surface area contributed by atoms with E-state index in [9.17, 15) is 4.39 Å². The first-order valence-electron chi connectivity index (χ1n) is 5.24. The van der Waals surface area contributed by atoms with Crippen molar-refractivity contribution in [2.24, 2.45) is 5.73 Å². The van der Waals surface area contributed by atoms with Gasteiger partial charge in [-0.25, -0.2) is 4.39 Å². The van der Waals surface area contributed by atoms with Crippen LogP contribution in [0.4, 0.5) is 4.39 Å². The normalized spacial score (nSPS) is 12.4. The smallest absolute Gasteiger partial charge is 0.174 e. The molecule has 90 valence electrons. The molecular weight excluding hydrogens is 223 g/mol. The number of halogens is 1. The van der Waals surface area contributed by atoms with E-state index in [1.165, 1.54) is 12.3 Å². The molecule has 0 bridgehead atoms. The van der Waals surface area contributed by atoms with Gasteiger partial charge in [-0.1, -0.05) is 11.2 Å². The third kappa shape index (κ3) is 2.82. The predicted molar refractivity (Wildman–Crippen MR) is 59.8 cm³/mol. The summed E-state index contributed by atoms with van der Waals surface area (Å²) in [5.74, 6) is 0.283. The van der Waals surface area contributed by atoms with Gasteiger partial charge in [-0.05, 0) is 24.6 Å². The van der Waals surface area contributed by atoms with Crippen LogP contribution in [0.15, 0.2) is 35.0 Å². The lowest BCUT2D eigenvalue weighted by atomic mass is 10.1. The Morgan fingerprint density at radius 3 is 2.88 bits per heavy atom. The largest absolute Gasteiger partial charge is 0.482 e. The van der Waals surface area contributed by atoms with Gasteiger partial charge in [0.05, 0.1) is 6.20 Å². The molecule has 0 unspecified atom stereocenters. The van der Waals surface area contributed by atoms with Gasteiger partial charge >= 0.3 is 0 Å². The third-order valence-corrected chi connectivity index (χ3v) is 2.34. The average molecular weight is 236 g/mol. The van der Waals surface area contributed by atoms with E-state index < -0.39 is 5.82 Å². The van der Waals surface area contributed by atoms with Crippen molar-refractivity contribution in [1.29, 1.82) is 0 Å². The minimum atomic E-state index is -0.431. The zero-order chi connectivity index (χ0) is 12.3. The predicted octanol–water partition coefficient (Wildman–Crippen LogP) is 2.41. The molecule has 2 rings (SSSR count). The highest BCUT2D eigenvalue weighted by atomic mass is 19.1. The Balaban J connectivity index is 2.06. The van der Waals surface area contributed by atoms with E-state index in [1.54, 1.807) is 25.1 Å². The van der Waals surface area contributed by atoms with E-state index in [0.717, 1.165) is 5.56 Å². The Kier molecular flexibility index (Phi) is 3.39. The molecule has 5 heteroatoms. The van der Waals surface area contributed by atoms with E-state index in [1.807, 2.05) is 0 Å². The standard InChI is InChI=1S/C12H13FN2O2/c1-8(14)9-2-3-12(11(13)6-9)16-7-10-4-5-15-17-10/h2-6,8H,7,14H2,1H3/t8-/m1/s1. The number of ether oxygens (including phenoxy) is 1. The minimum Gasteiger partial charge on any atom is -0.482 e. The van der Waals surface area contributed by atoms with Crippen LogP contribution in [0.5, 0.6) is 5.75 Å². The van der Waals surface area contributed by atoms with E-state index in [2.05, 4.69) is 5.16 Å². The maximum absolute atomic E-state index is 13.6. The molecule has 0 radical (unpaired) electrons. The maximum atomic E-state index is 13.6. The first kappa shape index (κ1) is 11.6. The summed E-state index contributed by atoms with van der Waals surface area (Å²) in [7, 11) is 0. The van der Waals surface area contributed by atoms with Crippen molar-refractivity contribution in [3.63, 3.8) is 0 Å². The molecule has 0 aliphatic heterocycles. The topological polar surface area (TPSA) is 61.3 Å². The number of hydrogen-bond donors (Lipinski definition) is 1. The number of rotatable bonds is 4. The van der Waals surface area contributed by atoms with Crippen LogP contribution in [0.2, 0.25) is 0 Å². The summed E-state index contributed by atoms with van der Waals surface area (Å²) in [5, 5.41) is 3.53. The van der Waals surface area contributed by atoms with Crippen LogP contribution in [-0.4, -0.2) is 5.16 Å². The first-order valence-corrected chi connectivity index (χ1v) is 5.24. The van der Waals surface area contributed by atoms with E-state index in [-0.39, 0.29) is 18.4 Å². The van der Waals surface area contributed by atoms with Crippen molar-refractivity contribution in [2.45, 2.75) is 19.6 Å². The molecule has 2 aromatic rings. The summed E-state index contributed by atoms with van der Waals surface area (Å²) in [6.45, 7) is 1.94. The lowest BCUT2D eigenvalue weighted by Crippen LogP contribution is -2.05. The molecule has 2 N–H and O–H groups in total. The highest BCUT2D eigenvalue weighted by Crippen LogP contribution is 2.21. The number of nitrogens with zero attached hydrogens (tertiary/aromatic N) is 1. The number of benzene rings is 1. The second kappa shape index (κ2) is 4.97. The highest BCUT2D eigenvalue weighted by molar-refractivity contribution is 5.30. The third-order valence-electron chi connectivity index (χ3n) is 2.34. The monoisotopic (exact) mass is 236 g/mol. The molecule has 0 amide bonds. The number of hydrogen-bond acceptors (Lipinski definition) is 4. The molecule has 0 fully saturated rings. The number of nitrogens with two attached hydrogens (primary N) is 1. The minimum absolute atomic E-state index is 0.147. The van der Waals surface area contributed by atoms with E-state index in [4.69, 9.17) is 15.0 Å². The Hall–Kier alpha value is -1.88. The summed E-state index contributed by atoms with van der Waals surface area (Å²) in [6.07, 6.45) is 1.51. The molecular formula is C12H13FN2O2. The Labute approximate surface area is 98.2 Å². The van der Waals surface area contributed by atoms with Crippen LogP contribution >= 0.6 is 0 Å². The van der Waals surface area contributed by atoms with Gasteiger partial charge in [0.1, 0.15) is 6.61 Å². The van der Waals surface area contributed by atoms with Gasteiger partial charge in [-0.15, -0.1) is 0 Å². The molecule has 0 saturated carbocycles. The quantitative estimate of drug-likeness (QED) is 0.885. The van der Waals surface area contributed by atoms with Crippen molar-refractivity contribution < 1.29 is 13.7 Å². The van der Waals surface area contributed by atoms with E-state index >= 15 is 0 Å². The van der Waals surface area contributed by atoms with Crippen molar-refractivity contribution in [3.05, 3.63) is 47.6 Å². The van der Waals surface area contributed by atoms with Gasteiger partial charge in [0.25, 0.3) is 0 Å². The summed E-state index contributed by atoms with van der Waals surface area (Å²) in [5.41, 5.74) is 6.38. The van der Waals surface area contributed by atoms with Crippen molar-refractivity contribution >= 4 is 0 Å². The van der Waals surface area contributed by atoms with Crippen molar-refractivity contribution in [1.82, 2.24) is 5.16 Å². The van der Waals surface area contributed by atoms with E-state index in [0.29, 0.717) is 5.76 Å². The Bertz CT molecular complexity index is 483. The molecule has 1 aromatic carbocycles. The van der Waals surface area contributed by atoms with Gasteiger partial charge in [0.2, 0.25) is 0 Å². The van der Waals surface area contributed by atoms with Crippen LogP contribution in [0.3, 0.4) is 0 Å². The first-order chi connectivity index (χ1) is 8.16. The second-order valence-electron chi connectivity index (χ2n) is 3.75. The van der Waals surface area contributed by atoms with Gasteiger partial charge in [0.15, 0.2) is 17.3 Å². The van der Waals surface area contributed by atoms with Gasteiger partial charge in [0, 0.05) is 12.1 Å². The zero-order valence-electron chi connectivity index (χ0n) is 9.39. The molecule has 1 heterocycles. The Morgan fingerprint density at radius 1 is 1.47 bits per heavy atom. The maximum Gasteiger partial charge on any atom is 0.174 e. The molecule has 0 aliphatic rings. The fraction of sp³-hybridized carbons (Fsp3) is 0.250. The highest BCUT2D eigenvalue weighted by Gasteiger charge is 2.08. The van der Waals surface area contributed by atoms with Crippen LogP contribution in [-0.2, 0) is 6.61 Å². The molecule has 0 spiro atoms. The van der Waals surface area contributed by atoms with Crippen LogP contribution in [0.1, 0.15) is 24.3 Å². The summed E-state index contributed by atoms with van der Waals surface area (Å²) >= 11 is 0. The van der Waals surface area contributed by atoms with Crippen molar-refractivity contribution in [3.8, 4) is 5.75 Å². The van der Waals surface area contributed by atoms with Crippen molar-refractivity contribution in [2.75, 3.05) is 0 Å². The molecule has 17 heavy (non-hydrogen) atoms. The fourth-order valence-corrected chi connectivity index (χ4v) is 1.38. The van der Waals surface area contributed by atoms with Gasteiger partial charge < -0.3 is 15.0 Å². The van der Waals surface area contributed by atoms with Crippen LogP contribution in [0, 0.1) is 5.82 Å². The summed E-state index contributed by atoms with van der Waals surface area (Å²) in [4.78, 5) is 0. The lowest BCUT2D eigenvalue weighted by molar-refractivity contribution is 0.240. The summed E-state index contributed by atoms with van der Waals surface area (Å²) in [6, 6.07) is 6.13. The molecule has 0 aliphatic carbocycles. The molecule has 1 atom stereocenters. The molecule has 4 nitrogen and oxygen atoms in total. The average Bonchev–Trinajstić information content (AvgIpc) is 2.80. The molecule has 0 saturated heterocycles. The summed E-state index contributed by atoms with van der Waals surface area (Å²) < 4.78 is 23.7. The number of aromatic nitrogens is 1. The lowest BCUT2D eigenvalue weighted by Gasteiger charge is -2.09. The van der Waals surface area contributed by atoms with Crippen LogP contribution in [0.25, 0.3) is 0 Å².